The molecule has 4 rings (SSSR count). The van der Waals surface area contributed by atoms with E-state index in [0.717, 1.165) is 11.1 Å². The zero-order valence-corrected chi connectivity index (χ0v) is 17.3. The van der Waals surface area contributed by atoms with Gasteiger partial charge in [-0.25, -0.2) is 0 Å². The van der Waals surface area contributed by atoms with Crippen LogP contribution in [0.25, 0.3) is 0 Å². The van der Waals surface area contributed by atoms with Crippen LogP contribution in [0.3, 0.4) is 0 Å². The Labute approximate surface area is 181 Å². The minimum absolute atomic E-state index is 0.140. The monoisotopic (exact) mass is 429 g/mol. The van der Waals surface area contributed by atoms with Crippen LogP contribution in [-0.2, 0) is 35.1 Å². The van der Waals surface area contributed by atoms with E-state index >= 15 is 0 Å². The van der Waals surface area contributed by atoms with E-state index in [4.69, 9.17) is 23.7 Å². The number of ether oxygens (including phenoxy) is 5. The minimum atomic E-state index is -1.06. The number of hydrogen-bond donors (Lipinski definition) is 2. The van der Waals surface area contributed by atoms with Gasteiger partial charge < -0.3 is 34.1 Å². The molecule has 2 N–H and O–H groups in total. The summed E-state index contributed by atoms with van der Waals surface area (Å²) in [5.74, 6) is -0.381. The van der Waals surface area contributed by atoms with E-state index in [1.165, 1.54) is 7.11 Å². The molecule has 0 spiro atoms. The standard InChI is InChI=1S/C23H27NO7/c1-27-14-18(25)24-19-20(26)21-17(13-29-22(31-21)16-10-6-3-7-11-16)30-23(19)28-12-15-8-4-2-5-9-15/h2-11,17,19-23,26H,12-14H2,1H3,(H,24,25)/t17-,19-,20-,21-,22?,23+/m1/s1. The van der Waals surface area contributed by atoms with E-state index in [1.807, 2.05) is 60.7 Å². The second-order valence-corrected chi connectivity index (χ2v) is 7.53. The average Bonchev–Trinajstić information content (AvgIpc) is 2.81. The quantitative estimate of drug-likeness (QED) is 0.689. The highest BCUT2D eigenvalue weighted by Crippen LogP contribution is 2.34. The molecule has 2 aliphatic rings. The summed E-state index contributed by atoms with van der Waals surface area (Å²) in [7, 11) is 1.43. The molecular weight excluding hydrogens is 402 g/mol. The summed E-state index contributed by atoms with van der Waals surface area (Å²) in [6.07, 6.45) is -3.79. The number of aliphatic hydroxyl groups is 1. The molecule has 0 bridgehead atoms. The van der Waals surface area contributed by atoms with Crippen molar-refractivity contribution in [2.24, 2.45) is 0 Å². The minimum Gasteiger partial charge on any atom is -0.388 e. The van der Waals surface area contributed by atoms with Gasteiger partial charge in [-0.2, -0.15) is 0 Å². The third-order valence-electron chi connectivity index (χ3n) is 5.30. The van der Waals surface area contributed by atoms with Crippen LogP contribution in [0.15, 0.2) is 60.7 Å². The average molecular weight is 429 g/mol. The first kappa shape index (κ1) is 21.9. The molecule has 31 heavy (non-hydrogen) atoms. The van der Waals surface area contributed by atoms with Crippen molar-refractivity contribution in [3.63, 3.8) is 0 Å². The second kappa shape index (κ2) is 10.3. The highest BCUT2D eigenvalue weighted by atomic mass is 16.7. The number of nitrogens with one attached hydrogen (secondary N) is 1. The maximum absolute atomic E-state index is 12.2. The van der Waals surface area contributed by atoms with Crippen LogP contribution in [0.1, 0.15) is 17.4 Å². The molecule has 1 amide bonds. The fourth-order valence-electron chi connectivity index (χ4n) is 3.78. The first-order valence-corrected chi connectivity index (χ1v) is 10.2. The van der Waals surface area contributed by atoms with Crippen LogP contribution in [0.4, 0.5) is 0 Å². The topological polar surface area (TPSA) is 95.5 Å². The van der Waals surface area contributed by atoms with E-state index in [-0.39, 0.29) is 25.7 Å². The summed E-state index contributed by atoms with van der Waals surface area (Å²) < 4.78 is 28.8. The van der Waals surface area contributed by atoms with Crippen molar-refractivity contribution < 1.29 is 33.6 Å². The van der Waals surface area contributed by atoms with Crippen molar-refractivity contribution in [1.29, 1.82) is 0 Å². The van der Waals surface area contributed by atoms with Gasteiger partial charge in [0.15, 0.2) is 12.6 Å². The van der Waals surface area contributed by atoms with Gasteiger partial charge in [-0.1, -0.05) is 60.7 Å². The Hall–Kier alpha value is -2.33. The Morgan fingerprint density at radius 1 is 1.10 bits per heavy atom. The number of hydrogen-bond acceptors (Lipinski definition) is 7. The molecule has 166 valence electrons. The Morgan fingerprint density at radius 2 is 1.81 bits per heavy atom. The van der Waals surface area contributed by atoms with Gasteiger partial charge in [0, 0.05) is 12.7 Å². The number of methoxy groups -OCH3 is 1. The van der Waals surface area contributed by atoms with Gasteiger partial charge in [-0.15, -0.1) is 0 Å². The Bertz CT molecular complexity index is 834. The molecule has 2 aromatic rings. The molecule has 1 unspecified atom stereocenters. The Morgan fingerprint density at radius 3 is 2.52 bits per heavy atom. The van der Waals surface area contributed by atoms with Crippen LogP contribution in [-0.4, -0.2) is 62.0 Å². The second-order valence-electron chi connectivity index (χ2n) is 7.53. The molecular formula is C23H27NO7. The Kier molecular flexibility index (Phi) is 7.29. The maximum Gasteiger partial charge on any atom is 0.246 e. The summed E-state index contributed by atoms with van der Waals surface area (Å²) in [5.41, 5.74) is 1.79. The third kappa shape index (κ3) is 5.30. The first-order chi connectivity index (χ1) is 15.2. The van der Waals surface area contributed by atoms with Gasteiger partial charge in [-0.3, -0.25) is 4.79 Å². The molecule has 8 nitrogen and oxygen atoms in total. The van der Waals surface area contributed by atoms with E-state index in [0.29, 0.717) is 0 Å². The molecule has 0 aliphatic carbocycles. The van der Waals surface area contributed by atoms with Gasteiger partial charge in [0.1, 0.15) is 31.0 Å². The lowest BCUT2D eigenvalue weighted by Gasteiger charge is -2.47. The summed E-state index contributed by atoms with van der Waals surface area (Å²) in [6.45, 7) is 0.352. The molecule has 2 aliphatic heterocycles. The molecule has 2 heterocycles. The number of aliphatic hydroxyl groups excluding tert-OH is 1. The van der Waals surface area contributed by atoms with Crippen molar-refractivity contribution >= 4 is 5.91 Å². The number of carbonyl (C=O) groups excluding carboxylic acids is 1. The molecule has 6 atom stereocenters. The maximum atomic E-state index is 12.2. The van der Waals surface area contributed by atoms with Gasteiger partial charge in [0.25, 0.3) is 0 Å². The summed E-state index contributed by atoms with van der Waals surface area (Å²) in [4.78, 5) is 12.2. The van der Waals surface area contributed by atoms with Crippen molar-refractivity contribution in [2.75, 3.05) is 20.3 Å². The summed E-state index contributed by atoms with van der Waals surface area (Å²) in [6, 6.07) is 18.2. The number of carbonyl (C=O) groups is 1. The lowest BCUT2D eigenvalue weighted by atomic mass is 9.95. The smallest absolute Gasteiger partial charge is 0.246 e. The predicted octanol–water partition coefficient (Wildman–Crippen LogP) is 1.53. The molecule has 0 saturated carbocycles. The predicted molar refractivity (Wildman–Crippen MR) is 110 cm³/mol. The number of rotatable bonds is 7. The van der Waals surface area contributed by atoms with Crippen LogP contribution in [0, 0.1) is 0 Å². The lowest BCUT2D eigenvalue weighted by Crippen LogP contribution is -2.67. The fourth-order valence-corrected chi connectivity index (χ4v) is 3.78. The van der Waals surface area contributed by atoms with Crippen molar-refractivity contribution in [2.45, 2.75) is 43.5 Å². The van der Waals surface area contributed by atoms with Crippen LogP contribution >= 0.6 is 0 Å². The van der Waals surface area contributed by atoms with Crippen molar-refractivity contribution in [3.05, 3.63) is 71.8 Å². The van der Waals surface area contributed by atoms with Gasteiger partial charge in [0.2, 0.25) is 5.91 Å². The third-order valence-corrected chi connectivity index (χ3v) is 5.30. The zero-order valence-electron chi connectivity index (χ0n) is 17.3. The van der Waals surface area contributed by atoms with Gasteiger partial charge >= 0.3 is 0 Å². The molecule has 2 saturated heterocycles. The highest BCUT2D eigenvalue weighted by molar-refractivity contribution is 5.77. The molecule has 0 aromatic heterocycles. The van der Waals surface area contributed by atoms with E-state index < -0.39 is 36.9 Å². The van der Waals surface area contributed by atoms with E-state index in [9.17, 15) is 9.90 Å². The van der Waals surface area contributed by atoms with Crippen molar-refractivity contribution in [1.82, 2.24) is 5.32 Å². The summed E-state index contributed by atoms with van der Waals surface area (Å²) in [5, 5.41) is 13.9. The van der Waals surface area contributed by atoms with Gasteiger partial charge in [-0.05, 0) is 5.56 Å². The van der Waals surface area contributed by atoms with E-state index in [2.05, 4.69) is 5.32 Å². The number of amides is 1. The van der Waals surface area contributed by atoms with Crippen molar-refractivity contribution in [3.8, 4) is 0 Å². The molecule has 2 fully saturated rings. The SMILES string of the molecule is COCC(=O)N[C@H]1[C@@H](OCc2ccccc2)O[C@@H]2COC(c3ccccc3)O[C@H]2[C@@H]1O. The number of fused-ring (bicyclic) bond motifs is 1. The summed E-state index contributed by atoms with van der Waals surface area (Å²) >= 11 is 0. The zero-order chi connectivity index (χ0) is 21.6. The Balaban J connectivity index is 1.48. The number of benzene rings is 2. The normalized spacial score (nSPS) is 30.4. The van der Waals surface area contributed by atoms with Crippen LogP contribution in [0.2, 0.25) is 0 Å². The first-order valence-electron chi connectivity index (χ1n) is 10.2. The van der Waals surface area contributed by atoms with Crippen LogP contribution in [0.5, 0.6) is 0 Å². The van der Waals surface area contributed by atoms with Crippen LogP contribution < -0.4 is 5.32 Å². The largest absolute Gasteiger partial charge is 0.388 e. The fraction of sp³-hybridized carbons (Fsp3) is 0.435. The lowest BCUT2D eigenvalue weighted by molar-refractivity contribution is -0.345. The van der Waals surface area contributed by atoms with E-state index in [1.54, 1.807) is 0 Å². The molecule has 0 radical (unpaired) electrons. The van der Waals surface area contributed by atoms with Gasteiger partial charge in [0.05, 0.1) is 13.2 Å². The molecule has 8 heteroatoms. The highest BCUT2D eigenvalue weighted by Gasteiger charge is 2.50. The molecule has 2 aromatic carbocycles.